The van der Waals surface area contributed by atoms with Gasteiger partial charge in [0.05, 0.1) is 6.42 Å². The van der Waals surface area contributed by atoms with Crippen LogP contribution >= 0.6 is 0 Å². The molecule has 21 heavy (non-hydrogen) atoms. The number of aliphatic carboxylic acids is 1. The third kappa shape index (κ3) is 4.09. The third-order valence-electron chi connectivity index (χ3n) is 4.65. The lowest BCUT2D eigenvalue weighted by atomic mass is 9.85. The van der Waals surface area contributed by atoms with Crippen LogP contribution in [0, 0.1) is 5.41 Å². The van der Waals surface area contributed by atoms with Crippen LogP contribution in [0.5, 0.6) is 0 Å². The van der Waals surface area contributed by atoms with Crippen molar-refractivity contribution in [1.82, 2.24) is 15.5 Å². The Balaban J connectivity index is 1.88. The quantitative estimate of drug-likeness (QED) is 0.733. The topological polar surface area (TPSA) is 81.7 Å². The first-order valence-corrected chi connectivity index (χ1v) is 7.80. The second-order valence-corrected chi connectivity index (χ2v) is 7.27. The summed E-state index contributed by atoms with van der Waals surface area (Å²) in [5.41, 5.74) is -0.287. The van der Waals surface area contributed by atoms with Crippen LogP contribution in [-0.4, -0.2) is 53.2 Å². The number of amides is 2. The summed E-state index contributed by atoms with van der Waals surface area (Å²) in [5.74, 6) is -0.891. The van der Waals surface area contributed by atoms with Crippen LogP contribution < -0.4 is 10.6 Å². The van der Waals surface area contributed by atoms with Crippen molar-refractivity contribution >= 4 is 12.0 Å². The van der Waals surface area contributed by atoms with Gasteiger partial charge in [0.15, 0.2) is 0 Å². The molecule has 0 aliphatic carbocycles. The SMILES string of the molecule is CC(C)(C)C(CC(=O)O)NC(=O)NC1CCN2CCCC12. The zero-order chi connectivity index (χ0) is 15.6. The number of carboxylic acid groups (broad SMARTS) is 1. The molecular weight excluding hydrogens is 270 g/mol. The van der Waals surface area contributed by atoms with Crippen molar-refractivity contribution in [2.24, 2.45) is 5.41 Å². The second kappa shape index (κ2) is 6.22. The summed E-state index contributed by atoms with van der Waals surface area (Å²) in [6.45, 7) is 8.00. The minimum absolute atomic E-state index is 0.0584. The fourth-order valence-corrected chi connectivity index (χ4v) is 3.37. The van der Waals surface area contributed by atoms with Crippen molar-refractivity contribution in [3.05, 3.63) is 0 Å². The van der Waals surface area contributed by atoms with Crippen molar-refractivity contribution in [2.75, 3.05) is 13.1 Å². The monoisotopic (exact) mass is 297 g/mol. The van der Waals surface area contributed by atoms with E-state index in [9.17, 15) is 9.59 Å². The van der Waals surface area contributed by atoms with E-state index in [-0.39, 0.29) is 30.0 Å². The molecule has 120 valence electrons. The molecule has 0 saturated carbocycles. The highest BCUT2D eigenvalue weighted by Gasteiger charge is 2.38. The average Bonchev–Trinajstić information content (AvgIpc) is 2.91. The minimum Gasteiger partial charge on any atom is -0.481 e. The molecule has 2 aliphatic heterocycles. The van der Waals surface area contributed by atoms with Gasteiger partial charge in [-0.25, -0.2) is 4.79 Å². The Hall–Kier alpha value is -1.30. The predicted molar refractivity (Wildman–Crippen MR) is 80.2 cm³/mol. The number of nitrogens with one attached hydrogen (secondary N) is 2. The smallest absolute Gasteiger partial charge is 0.315 e. The van der Waals surface area contributed by atoms with E-state index in [1.54, 1.807) is 0 Å². The van der Waals surface area contributed by atoms with Crippen molar-refractivity contribution in [2.45, 2.75) is 64.6 Å². The van der Waals surface area contributed by atoms with E-state index in [1.165, 1.54) is 6.42 Å². The number of hydrogen-bond donors (Lipinski definition) is 3. The van der Waals surface area contributed by atoms with Crippen LogP contribution in [0.2, 0.25) is 0 Å². The van der Waals surface area contributed by atoms with Crippen LogP contribution in [0.4, 0.5) is 4.79 Å². The lowest BCUT2D eigenvalue weighted by molar-refractivity contribution is -0.138. The maximum Gasteiger partial charge on any atom is 0.315 e. The zero-order valence-corrected chi connectivity index (χ0v) is 13.2. The molecule has 3 atom stereocenters. The van der Waals surface area contributed by atoms with Gasteiger partial charge in [0.1, 0.15) is 0 Å². The molecule has 0 spiro atoms. The van der Waals surface area contributed by atoms with Crippen molar-refractivity contribution < 1.29 is 14.7 Å². The molecule has 0 aromatic rings. The van der Waals surface area contributed by atoms with Gasteiger partial charge in [0, 0.05) is 24.7 Å². The Bertz CT molecular complexity index is 405. The summed E-state index contributed by atoms with van der Waals surface area (Å²) in [6, 6.07) is 0.0345. The molecule has 2 heterocycles. The largest absolute Gasteiger partial charge is 0.481 e. The average molecular weight is 297 g/mol. The predicted octanol–water partition coefficient (Wildman–Crippen LogP) is 1.41. The Labute approximate surface area is 126 Å². The van der Waals surface area contributed by atoms with Crippen LogP contribution in [0.15, 0.2) is 0 Å². The molecule has 0 bridgehead atoms. The van der Waals surface area contributed by atoms with Gasteiger partial charge in [-0.2, -0.15) is 0 Å². The molecule has 6 heteroatoms. The molecule has 2 rings (SSSR count). The summed E-state index contributed by atoms with van der Waals surface area (Å²) in [5, 5.41) is 14.9. The fourth-order valence-electron chi connectivity index (χ4n) is 3.37. The second-order valence-electron chi connectivity index (χ2n) is 7.27. The number of urea groups is 1. The van der Waals surface area contributed by atoms with Gasteiger partial charge in [0.25, 0.3) is 0 Å². The standard InChI is InChI=1S/C15H27N3O3/c1-15(2,3)12(9-13(19)20)17-14(21)16-10-6-8-18-7-4-5-11(10)18/h10-12H,4-9H2,1-3H3,(H,19,20)(H2,16,17,21). The van der Waals surface area contributed by atoms with E-state index in [0.717, 1.165) is 25.9 Å². The molecule has 3 N–H and O–H groups in total. The molecule has 2 fully saturated rings. The summed E-state index contributed by atoms with van der Waals surface area (Å²) in [7, 11) is 0. The van der Waals surface area contributed by atoms with E-state index in [2.05, 4.69) is 15.5 Å². The van der Waals surface area contributed by atoms with E-state index < -0.39 is 5.97 Å². The van der Waals surface area contributed by atoms with Crippen molar-refractivity contribution in [3.8, 4) is 0 Å². The van der Waals surface area contributed by atoms with Gasteiger partial charge in [0.2, 0.25) is 0 Å². The Kier molecular flexibility index (Phi) is 4.76. The highest BCUT2D eigenvalue weighted by molar-refractivity contribution is 5.76. The summed E-state index contributed by atoms with van der Waals surface area (Å²) in [4.78, 5) is 25.6. The van der Waals surface area contributed by atoms with Gasteiger partial charge in [-0.1, -0.05) is 20.8 Å². The normalized spacial score (nSPS) is 27.2. The summed E-state index contributed by atoms with van der Waals surface area (Å²) >= 11 is 0. The van der Waals surface area contributed by atoms with Gasteiger partial charge in [-0.05, 0) is 31.2 Å². The number of rotatable bonds is 4. The van der Waals surface area contributed by atoms with Crippen LogP contribution in [0.3, 0.4) is 0 Å². The number of fused-ring (bicyclic) bond motifs is 1. The molecule has 0 aromatic heterocycles. The lowest BCUT2D eigenvalue weighted by Crippen LogP contribution is -2.53. The highest BCUT2D eigenvalue weighted by Crippen LogP contribution is 2.28. The molecule has 2 aliphatic rings. The Morgan fingerprint density at radius 3 is 2.62 bits per heavy atom. The number of nitrogens with zero attached hydrogens (tertiary/aromatic N) is 1. The maximum atomic E-state index is 12.2. The molecule has 0 aromatic carbocycles. The molecule has 3 unspecified atom stereocenters. The van der Waals surface area contributed by atoms with Gasteiger partial charge >= 0.3 is 12.0 Å². The first kappa shape index (κ1) is 16.1. The van der Waals surface area contributed by atoms with E-state index >= 15 is 0 Å². The number of carbonyl (C=O) groups is 2. The number of carboxylic acids is 1. The first-order chi connectivity index (χ1) is 9.77. The van der Waals surface area contributed by atoms with Crippen LogP contribution in [0.1, 0.15) is 46.5 Å². The van der Waals surface area contributed by atoms with Crippen molar-refractivity contribution in [3.63, 3.8) is 0 Å². The lowest BCUT2D eigenvalue weighted by Gasteiger charge is -2.31. The maximum absolute atomic E-state index is 12.2. The van der Waals surface area contributed by atoms with Gasteiger partial charge in [-0.3, -0.25) is 9.69 Å². The Morgan fingerprint density at radius 1 is 1.29 bits per heavy atom. The summed E-state index contributed by atoms with van der Waals surface area (Å²) < 4.78 is 0. The van der Waals surface area contributed by atoms with E-state index in [1.807, 2.05) is 20.8 Å². The van der Waals surface area contributed by atoms with Crippen LogP contribution in [0.25, 0.3) is 0 Å². The summed E-state index contributed by atoms with van der Waals surface area (Å²) in [6.07, 6.45) is 3.27. The first-order valence-electron chi connectivity index (χ1n) is 7.80. The minimum atomic E-state index is -0.891. The molecule has 2 amide bonds. The Morgan fingerprint density at radius 2 is 2.00 bits per heavy atom. The molecule has 6 nitrogen and oxygen atoms in total. The molecule has 0 radical (unpaired) electrons. The number of carbonyl (C=O) groups excluding carboxylic acids is 1. The number of hydrogen-bond acceptors (Lipinski definition) is 3. The van der Waals surface area contributed by atoms with Gasteiger partial charge in [-0.15, -0.1) is 0 Å². The van der Waals surface area contributed by atoms with Crippen LogP contribution in [-0.2, 0) is 4.79 Å². The molecule has 2 saturated heterocycles. The highest BCUT2D eigenvalue weighted by atomic mass is 16.4. The van der Waals surface area contributed by atoms with Gasteiger partial charge < -0.3 is 15.7 Å². The van der Waals surface area contributed by atoms with E-state index in [0.29, 0.717) is 6.04 Å². The van der Waals surface area contributed by atoms with Crippen molar-refractivity contribution in [1.29, 1.82) is 0 Å². The zero-order valence-electron chi connectivity index (χ0n) is 13.2. The van der Waals surface area contributed by atoms with E-state index in [4.69, 9.17) is 5.11 Å². The third-order valence-corrected chi connectivity index (χ3v) is 4.65. The molecular formula is C15H27N3O3. The fraction of sp³-hybridized carbons (Fsp3) is 0.867.